The van der Waals surface area contributed by atoms with Crippen molar-refractivity contribution in [3.63, 3.8) is 0 Å². The van der Waals surface area contributed by atoms with E-state index in [9.17, 15) is 21.6 Å². The van der Waals surface area contributed by atoms with Gasteiger partial charge >= 0.3 is 6.18 Å². The Morgan fingerprint density at radius 3 is 2.19 bits per heavy atom. The summed E-state index contributed by atoms with van der Waals surface area (Å²) in [7, 11) is -4.33. The van der Waals surface area contributed by atoms with Gasteiger partial charge in [-0.25, -0.2) is 0 Å². The maximum Gasteiger partial charge on any atom is 0.449 e. The second kappa shape index (κ2) is 6.69. The summed E-state index contributed by atoms with van der Waals surface area (Å²) in [6.07, 6.45) is -4.77. The zero-order valence-electron chi connectivity index (χ0n) is 12.9. The summed E-state index contributed by atoms with van der Waals surface area (Å²) in [5, 5.41) is -0.308. The zero-order chi connectivity index (χ0) is 18.9. The van der Waals surface area contributed by atoms with Gasteiger partial charge in [0.1, 0.15) is 0 Å². The van der Waals surface area contributed by atoms with E-state index in [0.717, 1.165) is 6.07 Å². The Labute approximate surface area is 152 Å². The van der Waals surface area contributed by atoms with Crippen LogP contribution in [0, 0.1) is 0 Å². The van der Waals surface area contributed by atoms with Gasteiger partial charge in [0.25, 0.3) is 10.0 Å². The number of hydrogen-bond acceptors (Lipinski definition) is 3. The summed E-state index contributed by atoms with van der Waals surface area (Å²) >= 11 is 5.85. The van der Waals surface area contributed by atoms with Crippen molar-refractivity contribution in [1.82, 2.24) is 0 Å². The summed E-state index contributed by atoms with van der Waals surface area (Å²) in [5.74, 6) is -1.39. The third-order valence-corrected chi connectivity index (χ3v) is 4.94. The number of benzene rings is 2. The minimum absolute atomic E-state index is 0.194. The molecular formula is C17H11ClF3NO3S. The monoisotopic (exact) mass is 401 g/mol. The van der Waals surface area contributed by atoms with E-state index < -0.39 is 27.1 Å². The van der Waals surface area contributed by atoms with Crippen molar-refractivity contribution in [3.8, 4) is 11.1 Å². The van der Waals surface area contributed by atoms with Crippen LogP contribution in [0.2, 0.25) is 5.02 Å². The zero-order valence-corrected chi connectivity index (χ0v) is 14.5. The van der Waals surface area contributed by atoms with E-state index in [0.29, 0.717) is 22.2 Å². The van der Waals surface area contributed by atoms with E-state index in [1.54, 1.807) is 42.5 Å². The molecule has 136 valence electrons. The van der Waals surface area contributed by atoms with Crippen LogP contribution >= 0.6 is 11.6 Å². The Hall–Kier alpha value is -2.45. The van der Waals surface area contributed by atoms with Gasteiger partial charge in [0.2, 0.25) is 10.9 Å². The standard InChI is InChI=1S/C17H11ClF3NO3S/c18-12-7-5-11(6-8-12)13-3-1-2-4-14(13)22-26(23,24)16-10-9-15(25-16)17(19,20)21/h1-10,22H. The molecule has 0 bridgehead atoms. The summed E-state index contributed by atoms with van der Waals surface area (Å²) < 4.78 is 69.3. The number of nitrogens with one attached hydrogen (secondary N) is 1. The SMILES string of the molecule is O=S(=O)(Nc1ccccc1-c1ccc(Cl)cc1)c1ccc(C(F)(F)F)o1. The Kier molecular flexibility index (Phi) is 4.72. The minimum Gasteiger partial charge on any atom is -0.438 e. The van der Waals surface area contributed by atoms with E-state index in [1.807, 2.05) is 0 Å². The van der Waals surface area contributed by atoms with Gasteiger partial charge in [0.15, 0.2) is 0 Å². The normalized spacial score (nSPS) is 12.2. The highest BCUT2D eigenvalue weighted by atomic mass is 35.5. The molecule has 0 amide bonds. The van der Waals surface area contributed by atoms with Gasteiger partial charge in [-0.2, -0.15) is 21.6 Å². The smallest absolute Gasteiger partial charge is 0.438 e. The first-order valence-electron chi connectivity index (χ1n) is 7.22. The maximum atomic E-state index is 12.6. The Morgan fingerprint density at radius 2 is 1.58 bits per heavy atom. The van der Waals surface area contributed by atoms with Gasteiger partial charge in [-0.05, 0) is 35.9 Å². The predicted octanol–water partition coefficient (Wildman–Crippen LogP) is 5.42. The molecule has 1 aromatic heterocycles. The summed E-state index contributed by atoms with van der Waals surface area (Å²) in [4.78, 5) is 0. The molecule has 3 rings (SSSR count). The van der Waals surface area contributed by atoms with Crippen molar-refractivity contribution in [1.29, 1.82) is 0 Å². The highest BCUT2D eigenvalue weighted by molar-refractivity contribution is 7.92. The quantitative estimate of drug-likeness (QED) is 0.635. The second-order valence-corrected chi connectivity index (χ2v) is 7.32. The lowest BCUT2D eigenvalue weighted by atomic mass is 10.0. The lowest BCUT2D eigenvalue weighted by Gasteiger charge is -2.12. The first-order chi connectivity index (χ1) is 12.2. The first kappa shape index (κ1) is 18.3. The largest absolute Gasteiger partial charge is 0.449 e. The molecule has 2 aromatic carbocycles. The minimum atomic E-state index is -4.77. The van der Waals surface area contributed by atoms with Crippen molar-refractivity contribution in [2.24, 2.45) is 0 Å². The fourth-order valence-electron chi connectivity index (χ4n) is 2.27. The summed E-state index contributed by atoms with van der Waals surface area (Å²) in [5.41, 5.74) is 1.42. The van der Waals surface area contributed by atoms with Crippen molar-refractivity contribution < 1.29 is 26.0 Å². The molecule has 1 heterocycles. The van der Waals surface area contributed by atoms with E-state index >= 15 is 0 Å². The van der Waals surface area contributed by atoms with Gasteiger partial charge in [-0.1, -0.05) is 41.9 Å². The number of rotatable bonds is 4. The number of alkyl halides is 3. The van der Waals surface area contributed by atoms with Crippen molar-refractivity contribution in [3.05, 3.63) is 71.4 Å². The number of para-hydroxylation sites is 1. The molecule has 0 aliphatic carbocycles. The van der Waals surface area contributed by atoms with Gasteiger partial charge in [-0.15, -0.1) is 0 Å². The highest BCUT2D eigenvalue weighted by Gasteiger charge is 2.36. The van der Waals surface area contributed by atoms with Crippen LogP contribution in [0.3, 0.4) is 0 Å². The Bertz CT molecular complexity index is 1030. The van der Waals surface area contributed by atoms with Crippen molar-refractivity contribution >= 4 is 27.3 Å². The van der Waals surface area contributed by atoms with E-state index in [-0.39, 0.29) is 5.69 Å². The lowest BCUT2D eigenvalue weighted by molar-refractivity contribution is -0.154. The summed E-state index contributed by atoms with van der Waals surface area (Å²) in [6.45, 7) is 0. The van der Waals surface area contributed by atoms with Gasteiger partial charge in [0, 0.05) is 10.6 Å². The third kappa shape index (κ3) is 3.86. The molecule has 4 nitrogen and oxygen atoms in total. The van der Waals surface area contributed by atoms with Crippen molar-refractivity contribution in [2.45, 2.75) is 11.3 Å². The van der Waals surface area contributed by atoms with E-state index in [4.69, 9.17) is 11.6 Å². The number of furan rings is 1. The molecule has 3 aromatic rings. The number of anilines is 1. The molecule has 0 unspecified atom stereocenters. The molecule has 0 fully saturated rings. The average Bonchev–Trinajstić information content (AvgIpc) is 3.07. The average molecular weight is 402 g/mol. The van der Waals surface area contributed by atoms with Gasteiger partial charge in [-0.3, -0.25) is 4.72 Å². The second-order valence-electron chi connectivity index (χ2n) is 5.27. The summed E-state index contributed by atoms with van der Waals surface area (Å²) in [6, 6.07) is 14.5. The molecule has 1 N–H and O–H groups in total. The van der Waals surface area contributed by atoms with Gasteiger partial charge in [0.05, 0.1) is 5.69 Å². The Balaban J connectivity index is 1.96. The molecule has 0 spiro atoms. The van der Waals surface area contributed by atoms with Crippen molar-refractivity contribution in [2.75, 3.05) is 4.72 Å². The molecule has 0 aliphatic rings. The topological polar surface area (TPSA) is 59.3 Å². The van der Waals surface area contributed by atoms with Crippen LogP contribution in [0.5, 0.6) is 0 Å². The first-order valence-corrected chi connectivity index (χ1v) is 9.08. The fraction of sp³-hybridized carbons (Fsp3) is 0.0588. The molecule has 0 saturated heterocycles. The van der Waals surface area contributed by atoms with Crippen LogP contribution in [-0.4, -0.2) is 8.42 Å². The van der Waals surface area contributed by atoms with Crippen LogP contribution in [0.4, 0.5) is 18.9 Å². The lowest BCUT2D eigenvalue weighted by Crippen LogP contribution is -2.13. The van der Waals surface area contributed by atoms with Crippen LogP contribution < -0.4 is 4.72 Å². The van der Waals surface area contributed by atoms with E-state index in [1.165, 1.54) is 6.07 Å². The fourth-order valence-corrected chi connectivity index (χ4v) is 3.41. The van der Waals surface area contributed by atoms with Crippen LogP contribution in [0.15, 0.2) is 70.2 Å². The van der Waals surface area contributed by atoms with Crippen LogP contribution in [-0.2, 0) is 16.2 Å². The maximum absolute atomic E-state index is 12.6. The predicted molar refractivity (Wildman–Crippen MR) is 91.4 cm³/mol. The molecular weight excluding hydrogens is 391 g/mol. The molecule has 0 radical (unpaired) electrons. The highest BCUT2D eigenvalue weighted by Crippen LogP contribution is 2.34. The number of hydrogen-bond donors (Lipinski definition) is 1. The number of sulfonamides is 1. The molecule has 9 heteroatoms. The van der Waals surface area contributed by atoms with Gasteiger partial charge < -0.3 is 4.42 Å². The molecule has 26 heavy (non-hydrogen) atoms. The molecule has 0 saturated carbocycles. The Morgan fingerprint density at radius 1 is 0.923 bits per heavy atom. The van der Waals surface area contributed by atoms with Crippen LogP contribution in [0.25, 0.3) is 11.1 Å². The van der Waals surface area contributed by atoms with Crippen LogP contribution in [0.1, 0.15) is 5.76 Å². The van der Waals surface area contributed by atoms with E-state index in [2.05, 4.69) is 9.14 Å². The molecule has 0 aliphatic heterocycles. The molecule has 0 atom stereocenters. The third-order valence-electron chi connectivity index (χ3n) is 3.45. The number of halogens is 4.